The van der Waals surface area contributed by atoms with Gasteiger partial charge in [0, 0.05) is 18.0 Å². The van der Waals surface area contributed by atoms with Gasteiger partial charge in [0.25, 0.3) is 0 Å². The summed E-state index contributed by atoms with van der Waals surface area (Å²) in [5, 5.41) is 5.84. The second-order valence-electron chi connectivity index (χ2n) is 8.03. The van der Waals surface area contributed by atoms with Gasteiger partial charge < -0.3 is 15.4 Å². The predicted molar refractivity (Wildman–Crippen MR) is 111 cm³/mol. The topological polar surface area (TPSA) is 93.2 Å². The van der Waals surface area contributed by atoms with Crippen molar-refractivity contribution in [3.63, 3.8) is 0 Å². The van der Waals surface area contributed by atoms with Crippen molar-refractivity contribution in [3.05, 3.63) is 54.6 Å². The lowest BCUT2D eigenvalue weighted by molar-refractivity contribution is -0.118. The van der Waals surface area contributed by atoms with Gasteiger partial charge in [-0.15, -0.1) is 0 Å². The summed E-state index contributed by atoms with van der Waals surface area (Å²) < 4.78 is 5.41. The second-order valence-corrected chi connectivity index (χ2v) is 8.03. The Morgan fingerprint density at radius 3 is 2.83 bits per heavy atom. The fourth-order valence-corrected chi connectivity index (χ4v) is 3.01. The molecular weight excluding hydrogens is 368 g/mol. The average Bonchev–Trinajstić information content (AvgIpc) is 2.65. The molecule has 1 aliphatic heterocycles. The van der Waals surface area contributed by atoms with E-state index in [4.69, 9.17) is 4.74 Å². The number of rotatable bonds is 1. The van der Waals surface area contributed by atoms with Crippen LogP contribution >= 0.6 is 0 Å². The van der Waals surface area contributed by atoms with E-state index >= 15 is 0 Å². The number of pyridine rings is 2. The molecule has 2 bridgehead atoms. The predicted octanol–water partition coefficient (Wildman–Crippen LogP) is 4.24. The van der Waals surface area contributed by atoms with Crippen molar-refractivity contribution in [1.29, 1.82) is 0 Å². The minimum atomic E-state index is -0.598. The SMILES string of the molecule is CC1/C=C\C[C@H](NC(=O)OC(C)(C)C)c2cc(ccn2)-c2ccncc2NC1=O. The standard InChI is InChI=1S/C22H26N4O3/c1-14-6-5-7-17(26-21(28)29-22(2,3)4)18-12-15(8-11-24-18)16-9-10-23-13-19(16)25-20(14)27/h5-6,8-14,17H,7H2,1-4H3,(H,25,27)(H,26,28)/b6-5-/t14?,17-/m0/s1. The molecule has 0 saturated carbocycles. The molecular formula is C22H26N4O3. The zero-order valence-electron chi connectivity index (χ0n) is 17.1. The summed E-state index contributed by atoms with van der Waals surface area (Å²) >= 11 is 0. The Hall–Kier alpha value is -3.22. The fraction of sp³-hybridized carbons (Fsp3) is 0.364. The van der Waals surface area contributed by atoms with E-state index < -0.39 is 11.7 Å². The quantitative estimate of drug-likeness (QED) is 0.706. The van der Waals surface area contributed by atoms with E-state index in [1.807, 2.05) is 58.0 Å². The fourth-order valence-electron chi connectivity index (χ4n) is 3.01. The molecule has 1 unspecified atom stereocenters. The third-order valence-electron chi connectivity index (χ3n) is 4.43. The molecule has 3 rings (SSSR count). The first-order chi connectivity index (χ1) is 13.7. The van der Waals surface area contributed by atoms with Gasteiger partial charge in [0.1, 0.15) is 5.60 Å². The number of carbonyl (C=O) groups is 2. The van der Waals surface area contributed by atoms with Gasteiger partial charge in [-0.1, -0.05) is 19.1 Å². The number of nitrogens with zero attached hydrogens (tertiary/aromatic N) is 2. The van der Waals surface area contributed by atoms with Crippen LogP contribution in [0.15, 0.2) is 48.9 Å². The molecule has 7 nitrogen and oxygen atoms in total. The van der Waals surface area contributed by atoms with Crippen LogP contribution in [-0.2, 0) is 9.53 Å². The Morgan fingerprint density at radius 2 is 2.07 bits per heavy atom. The highest BCUT2D eigenvalue weighted by Gasteiger charge is 2.22. The van der Waals surface area contributed by atoms with E-state index in [-0.39, 0.29) is 17.9 Å². The van der Waals surface area contributed by atoms with Crippen molar-refractivity contribution in [2.45, 2.75) is 45.8 Å². The van der Waals surface area contributed by atoms with Crippen molar-refractivity contribution < 1.29 is 14.3 Å². The van der Waals surface area contributed by atoms with Crippen molar-refractivity contribution in [3.8, 4) is 11.1 Å². The number of hydrogen-bond acceptors (Lipinski definition) is 5. The molecule has 0 saturated heterocycles. The van der Waals surface area contributed by atoms with Gasteiger partial charge in [0.2, 0.25) is 5.91 Å². The lowest BCUT2D eigenvalue weighted by Gasteiger charge is -2.23. The molecule has 2 aromatic heterocycles. The maximum absolute atomic E-state index is 12.5. The van der Waals surface area contributed by atoms with E-state index in [2.05, 4.69) is 20.6 Å². The maximum atomic E-state index is 12.5. The molecule has 0 spiro atoms. The average molecular weight is 394 g/mol. The molecule has 0 aromatic carbocycles. The van der Waals surface area contributed by atoms with E-state index in [1.165, 1.54) is 0 Å². The van der Waals surface area contributed by atoms with Crippen LogP contribution in [0, 0.1) is 5.92 Å². The zero-order chi connectivity index (χ0) is 21.0. The lowest BCUT2D eigenvalue weighted by Crippen LogP contribution is -2.35. The number of anilines is 1. The lowest BCUT2D eigenvalue weighted by atomic mass is 10.00. The Morgan fingerprint density at radius 1 is 1.28 bits per heavy atom. The molecule has 0 fully saturated rings. The van der Waals surface area contributed by atoms with E-state index in [0.29, 0.717) is 17.8 Å². The summed E-state index contributed by atoms with van der Waals surface area (Å²) in [5.74, 6) is -0.460. The third kappa shape index (κ3) is 5.40. The molecule has 2 aromatic rings. The number of alkyl carbamates (subject to hydrolysis) is 1. The first-order valence-corrected chi connectivity index (χ1v) is 9.60. The van der Waals surface area contributed by atoms with Gasteiger partial charge in [-0.3, -0.25) is 14.8 Å². The molecule has 0 aliphatic carbocycles. The summed E-state index contributed by atoms with van der Waals surface area (Å²) in [5.41, 5.74) is 2.46. The Balaban J connectivity index is 2.01. The largest absolute Gasteiger partial charge is 0.444 e. The highest BCUT2D eigenvalue weighted by atomic mass is 16.6. The summed E-state index contributed by atoms with van der Waals surface area (Å²) in [6.07, 6.45) is 8.68. The first-order valence-electron chi connectivity index (χ1n) is 9.60. The minimum absolute atomic E-state index is 0.123. The van der Waals surface area contributed by atoms with Gasteiger partial charge in [0.05, 0.1) is 29.5 Å². The monoisotopic (exact) mass is 394 g/mol. The highest BCUT2D eigenvalue weighted by molar-refractivity contribution is 5.97. The van der Waals surface area contributed by atoms with Crippen LogP contribution in [0.3, 0.4) is 0 Å². The maximum Gasteiger partial charge on any atom is 0.408 e. The summed E-state index contributed by atoms with van der Waals surface area (Å²) in [7, 11) is 0. The Labute approximate surface area is 170 Å². The zero-order valence-corrected chi connectivity index (χ0v) is 17.1. The first kappa shape index (κ1) is 20.5. The van der Waals surface area contributed by atoms with Crippen LogP contribution in [0.25, 0.3) is 11.1 Å². The van der Waals surface area contributed by atoms with Crippen molar-refractivity contribution in [2.75, 3.05) is 5.32 Å². The summed E-state index contributed by atoms with van der Waals surface area (Å²) in [6.45, 7) is 7.27. The van der Waals surface area contributed by atoms with E-state index in [9.17, 15) is 9.59 Å². The number of ether oxygens (including phenoxy) is 1. The molecule has 2 N–H and O–H groups in total. The number of hydrogen-bond donors (Lipinski definition) is 2. The van der Waals surface area contributed by atoms with Gasteiger partial charge in [-0.2, -0.15) is 0 Å². The van der Waals surface area contributed by atoms with Crippen LogP contribution in [0.2, 0.25) is 0 Å². The molecule has 152 valence electrons. The van der Waals surface area contributed by atoms with Gasteiger partial charge >= 0.3 is 6.09 Å². The molecule has 1 aliphatic rings. The second kappa shape index (κ2) is 8.43. The smallest absolute Gasteiger partial charge is 0.408 e. The molecule has 3 heterocycles. The van der Waals surface area contributed by atoms with Gasteiger partial charge in [0.15, 0.2) is 0 Å². The van der Waals surface area contributed by atoms with Gasteiger partial charge in [-0.05, 0) is 51.0 Å². The molecule has 29 heavy (non-hydrogen) atoms. The van der Waals surface area contributed by atoms with Crippen molar-refractivity contribution in [1.82, 2.24) is 15.3 Å². The number of fused-ring (bicyclic) bond motifs is 4. The Kier molecular flexibility index (Phi) is 5.96. The summed E-state index contributed by atoms with van der Waals surface area (Å²) in [4.78, 5) is 33.5. The van der Waals surface area contributed by atoms with Crippen LogP contribution in [0.1, 0.15) is 45.9 Å². The number of amides is 2. The molecule has 2 atom stereocenters. The summed E-state index contributed by atoms with van der Waals surface area (Å²) in [6, 6.07) is 5.23. The van der Waals surface area contributed by atoms with Crippen LogP contribution in [0.5, 0.6) is 0 Å². The Bertz CT molecular complexity index is 934. The van der Waals surface area contributed by atoms with Crippen LogP contribution < -0.4 is 10.6 Å². The molecule has 0 radical (unpaired) electrons. The van der Waals surface area contributed by atoms with Crippen molar-refractivity contribution in [2.24, 2.45) is 5.92 Å². The van der Waals surface area contributed by atoms with Crippen LogP contribution in [0.4, 0.5) is 10.5 Å². The number of carbonyl (C=O) groups excluding carboxylic acids is 2. The van der Waals surface area contributed by atoms with E-state index in [1.54, 1.807) is 18.6 Å². The third-order valence-corrected chi connectivity index (χ3v) is 4.43. The minimum Gasteiger partial charge on any atom is -0.444 e. The normalized spacial score (nSPS) is 20.3. The number of aromatic nitrogens is 2. The molecule has 2 amide bonds. The number of nitrogens with one attached hydrogen (secondary N) is 2. The van der Waals surface area contributed by atoms with Gasteiger partial charge in [-0.25, -0.2) is 4.79 Å². The van der Waals surface area contributed by atoms with E-state index in [0.717, 1.165) is 11.1 Å². The highest BCUT2D eigenvalue weighted by Crippen LogP contribution is 2.30. The van der Waals surface area contributed by atoms with Crippen molar-refractivity contribution >= 4 is 17.7 Å². The molecule has 7 heteroatoms. The van der Waals surface area contributed by atoms with Crippen LogP contribution in [-0.4, -0.2) is 27.6 Å².